The quantitative estimate of drug-likeness (QED) is 0.379. The Balaban J connectivity index is 1.62. The molecule has 3 rings (SSSR count). The third kappa shape index (κ3) is 6.83. The molecule has 2 aromatic carbocycles. The summed E-state index contributed by atoms with van der Waals surface area (Å²) in [5, 5.41) is 25.0. The number of nitrogens with one attached hydrogen (secondary N) is 2. The van der Waals surface area contributed by atoms with Crippen LogP contribution >= 0.6 is 0 Å². The maximum Gasteiger partial charge on any atom is 0.216 e. The summed E-state index contributed by atoms with van der Waals surface area (Å²) >= 11 is 0. The third-order valence-corrected chi connectivity index (χ3v) is 4.86. The molecule has 0 aliphatic heterocycles. The topological polar surface area (TPSA) is 107 Å². The maximum absolute atomic E-state index is 4.23. The highest BCUT2D eigenvalue weighted by Crippen LogP contribution is 2.11. The minimum atomic E-state index is 0.362. The average molecular weight is 459 g/mol. The molecule has 0 atom stereocenters. The highest BCUT2D eigenvalue weighted by Gasteiger charge is 1.98. The van der Waals surface area contributed by atoms with Crippen LogP contribution in [-0.4, -0.2) is 61.0 Å². The molecular weight excluding hydrogens is 428 g/mol. The van der Waals surface area contributed by atoms with Crippen LogP contribution in [0.2, 0.25) is 0 Å². The van der Waals surface area contributed by atoms with E-state index in [1.165, 1.54) is 0 Å². The zero-order chi connectivity index (χ0) is 24.5. The third-order valence-electron chi connectivity index (χ3n) is 4.86. The lowest BCUT2D eigenvalue weighted by molar-refractivity contribution is 0.750. The summed E-state index contributed by atoms with van der Waals surface area (Å²) in [6.07, 6.45) is 3.46. The molecule has 0 spiro atoms. The Morgan fingerprint density at radius 3 is 1.24 bits per heavy atom. The highest BCUT2D eigenvalue weighted by atomic mass is 15.3. The molecule has 0 bridgehead atoms. The number of anilines is 2. The van der Waals surface area contributed by atoms with Crippen LogP contribution in [0.5, 0.6) is 0 Å². The number of hydrogen-bond donors (Lipinski definition) is 2. The van der Waals surface area contributed by atoms with E-state index in [9.17, 15) is 0 Å². The van der Waals surface area contributed by atoms with Crippen LogP contribution in [0.4, 0.5) is 11.4 Å². The second kappa shape index (κ2) is 11.5. The molecule has 0 saturated heterocycles. The zero-order valence-electron chi connectivity index (χ0n) is 20.4. The van der Waals surface area contributed by atoms with Crippen LogP contribution in [-0.2, 0) is 0 Å². The van der Waals surface area contributed by atoms with Gasteiger partial charge in [-0.05, 0) is 49.2 Å². The van der Waals surface area contributed by atoms with Gasteiger partial charge in [0.25, 0.3) is 0 Å². The van der Waals surface area contributed by atoms with E-state index >= 15 is 0 Å². The molecule has 34 heavy (non-hydrogen) atoms. The maximum atomic E-state index is 4.23. The molecule has 0 aliphatic rings. The first-order valence-corrected chi connectivity index (χ1v) is 10.7. The SMILES string of the molecule is CC(N/N=C/c1ccc(N(C)C)cc1)=c1nnc(=C(C)N/N=C/c2ccc(N(C)C)cc2)nn1. The van der Waals surface area contributed by atoms with Gasteiger partial charge in [-0.1, -0.05) is 24.3 Å². The number of hydrazone groups is 2. The summed E-state index contributed by atoms with van der Waals surface area (Å²) < 4.78 is 0. The van der Waals surface area contributed by atoms with Gasteiger partial charge in [0, 0.05) is 39.6 Å². The van der Waals surface area contributed by atoms with Crippen molar-refractivity contribution in [3.63, 3.8) is 0 Å². The first-order valence-electron chi connectivity index (χ1n) is 10.7. The van der Waals surface area contributed by atoms with E-state index in [1.54, 1.807) is 12.4 Å². The summed E-state index contributed by atoms with van der Waals surface area (Å²) in [4.78, 5) is 4.09. The van der Waals surface area contributed by atoms with Gasteiger partial charge in [-0.3, -0.25) is 10.9 Å². The van der Waals surface area contributed by atoms with Crippen molar-refractivity contribution in [2.75, 3.05) is 38.0 Å². The van der Waals surface area contributed by atoms with Crippen LogP contribution in [0.1, 0.15) is 25.0 Å². The fourth-order valence-corrected chi connectivity index (χ4v) is 2.75. The summed E-state index contributed by atoms with van der Waals surface area (Å²) in [6, 6.07) is 16.1. The Morgan fingerprint density at radius 1 is 0.618 bits per heavy atom. The predicted octanol–water partition coefficient (Wildman–Crippen LogP) is 0.902. The second-order valence-corrected chi connectivity index (χ2v) is 8.01. The average Bonchev–Trinajstić information content (AvgIpc) is 2.84. The van der Waals surface area contributed by atoms with Crippen molar-refractivity contribution in [2.24, 2.45) is 10.2 Å². The Kier molecular flexibility index (Phi) is 8.22. The van der Waals surface area contributed by atoms with Gasteiger partial charge in [0.2, 0.25) is 11.0 Å². The summed E-state index contributed by atoms with van der Waals surface area (Å²) in [7, 11) is 8.02. The summed E-state index contributed by atoms with van der Waals surface area (Å²) in [6.45, 7) is 3.62. The predicted molar refractivity (Wildman–Crippen MR) is 138 cm³/mol. The smallest absolute Gasteiger partial charge is 0.216 e. The Hall–Kier alpha value is -4.34. The largest absolute Gasteiger partial charge is 0.378 e. The van der Waals surface area contributed by atoms with Crippen molar-refractivity contribution in [1.82, 2.24) is 31.2 Å². The van der Waals surface area contributed by atoms with E-state index in [4.69, 9.17) is 0 Å². The number of nitrogens with zero attached hydrogens (tertiary/aromatic N) is 8. The van der Waals surface area contributed by atoms with Gasteiger partial charge in [0.15, 0.2) is 0 Å². The second-order valence-electron chi connectivity index (χ2n) is 8.01. The fraction of sp³-hybridized carbons (Fsp3) is 0.250. The molecule has 2 N–H and O–H groups in total. The molecule has 1 aromatic heterocycles. The van der Waals surface area contributed by atoms with Crippen molar-refractivity contribution in [3.8, 4) is 0 Å². The van der Waals surface area contributed by atoms with Gasteiger partial charge in [0.1, 0.15) is 0 Å². The lowest BCUT2D eigenvalue weighted by Gasteiger charge is -2.11. The molecule has 0 unspecified atom stereocenters. The first-order chi connectivity index (χ1) is 16.3. The van der Waals surface area contributed by atoms with E-state index in [-0.39, 0.29) is 0 Å². The highest BCUT2D eigenvalue weighted by molar-refractivity contribution is 5.81. The van der Waals surface area contributed by atoms with E-state index in [2.05, 4.69) is 41.4 Å². The van der Waals surface area contributed by atoms with E-state index in [0.29, 0.717) is 22.4 Å². The normalized spacial score (nSPS) is 11.0. The molecule has 1 heterocycles. The van der Waals surface area contributed by atoms with Crippen LogP contribution in [0, 0.1) is 0 Å². The molecule has 0 amide bonds. The molecular formula is C24H30N10. The molecule has 3 aromatic rings. The molecule has 0 fully saturated rings. The molecule has 0 radical (unpaired) electrons. The lowest BCUT2D eigenvalue weighted by atomic mass is 10.2. The van der Waals surface area contributed by atoms with Gasteiger partial charge in [-0.15, -0.1) is 20.4 Å². The number of hydrogen-bond acceptors (Lipinski definition) is 10. The monoisotopic (exact) mass is 458 g/mol. The minimum Gasteiger partial charge on any atom is -0.378 e. The molecule has 0 aliphatic carbocycles. The van der Waals surface area contributed by atoms with Crippen LogP contribution < -0.4 is 31.6 Å². The van der Waals surface area contributed by atoms with Gasteiger partial charge in [-0.2, -0.15) is 10.2 Å². The van der Waals surface area contributed by atoms with Gasteiger partial charge >= 0.3 is 0 Å². The van der Waals surface area contributed by atoms with Crippen molar-refractivity contribution in [3.05, 3.63) is 70.6 Å². The zero-order valence-corrected chi connectivity index (χ0v) is 20.4. The van der Waals surface area contributed by atoms with Gasteiger partial charge in [0.05, 0.1) is 23.8 Å². The standard InChI is InChI=1S/C24H30N10/c1-17(27-25-15-19-7-11-21(12-8-19)33(3)4)23-29-31-24(32-30-23)18(2)28-26-16-20-9-13-22(14-10-20)34(5)6/h7-16,27-28H,1-6H3/b23-17?,24-18?,25-15+,26-16+. The molecule has 176 valence electrons. The lowest BCUT2D eigenvalue weighted by Crippen LogP contribution is -2.32. The molecule has 0 saturated carbocycles. The van der Waals surface area contributed by atoms with Gasteiger partial charge < -0.3 is 9.80 Å². The van der Waals surface area contributed by atoms with E-state index in [1.807, 2.05) is 100 Å². The van der Waals surface area contributed by atoms with Crippen molar-refractivity contribution < 1.29 is 0 Å². The van der Waals surface area contributed by atoms with Crippen LogP contribution in [0.15, 0.2) is 58.7 Å². The fourth-order valence-electron chi connectivity index (χ4n) is 2.75. The Bertz CT molecular complexity index is 1140. The van der Waals surface area contributed by atoms with E-state index in [0.717, 1.165) is 22.5 Å². The van der Waals surface area contributed by atoms with Crippen molar-refractivity contribution >= 4 is 35.2 Å². The molecule has 10 heteroatoms. The minimum absolute atomic E-state index is 0.362. The Labute approximate surface area is 199 Å². The summed E-state index contributed by atoms with van der Waals surface area (Å²) in [5.41, 5.74) is 12.0. The van der Waals surface area contributed by atoms with Crippen LogP contribution in [0.25, 0.3) is 11.4 Å². The summed E-state index contributed by atoms with van der Waals surface area (Å²) in [5.74, 6) is 0. The number of rotatable bonds is 8. The molecule has 10 nitrogen and oxygen atoms in total. The van der Waals surface area contributed by atoms with Gasteiger partial charge in [-0.25, -0.2) is 0 Å². The van der Waals surface area contributed by atoms with Crippen molar-refractivity contribution in [1.29, 1.82) is 0 Å². The van der Waals surface area contributed by atoms with Crippen LogP contribution in [0.3, 0.4) is 0 Å². The Morgan fingerprint density at radius 2 is 0.941 bits per heavy atom. The number of aromatic nitrogens is 4. The number of benzene rings is 2. The first kappa shape index (κ1) is 24.3. The van der Waals surface area contributed by atoms with E-state index < -0.39 is 0 Å². The van der Waals surface area contributed by atoms with Crippen molar-refractivity contribution in [2.45, 2.75) is 13.8 Å².